The lowest BCUT2D eigenvalue weighted by Crippen LogP contribution is -2.44. The molecular formula is C33H34N4O6. The Bertz CT molecular complexity index is 1580. The number of nitriles is 1. The minimum atomic E-state index is -0.678. The van der Waals surface area contributed by atoms with E-state index in [4.69, 9.17) is 19.3 Å². The van der Waals surface area contributed by atoms with Crippen molar-refractivity contribution in [3.8, 4) is 28.8 Å². The van der Waals surface area contributed by atoms with Gasteiger partial charge in [-0.25, -0.2) is 4.68 Å². The molecular weight excluding hydrogens is 548 g/mol. The van der Waals surface area contributed by atoms with Gasteiger partial charge in [-0.1, -0.05) is 43.7 Å². The molecule has 0 radical (unpaired) electrons. The monoisotopic (exact) mass is 582 g/mol. The highest BCUT2D eigenvalue weighted by molar-refractivity contribution is 6.19. The first kappa shape index (κ1) is 30.9. The van der Waals surface area contributed by atoms with Gasteiger partial charge < -0.3 is 14.2 Å². The van der Waals surface area contributed by atoms with Gasteiger partial charge in [0.2, 0.25) is 0 Å². The Labute approximate surface area is 250 Å². The average molecular weight is 583 g/mol. The maximum Gasteiger partial charge on any atom is 0.302 e. The molecule has 0 spiro atoms. The number of hydrogen-bond donors (Lipinski definition) is 0. The van der Waals surface area contributed by atoms with E-state index < -0.39 is 17.8 Å². The molecule has 10 nitrogen and oxygen atoms in total. The molecule has 0 saturated heterocycles. The quantitative estimate of drug-likeness (QED) is 0.121. The van der Waals surface area contributed by atoms with Crippen molar-refractivity contribution in [1.82, 2.24) is 14.7 Å². The highest BCUT2D eigenvalue weighted by Gasteiger charge is 2.35. The molecule has 43 heavy (non-hydrogen) atoms. The second kappa shape index (κ2) is 14.8. The van der Waals surface area contributed by atoms with Crippen LogP contribution in [-0.2, 0) is 23.9 Å². The molecule has 2 amide bonds. The molecule has 1 aromatic heterocycles. The standard InChI is InChI=1S/C33H34N4O6/c1-4-5-15-43-28-13-9-10-25(19-28)31-26(22-37(35-31)27-11-7-6-8-12-27)20-29-23(2)30(21-34)33(40)36(32(29)39)14-16-41-17-18-42-24(3)38/h6-13,19-20,22H,4-5,14-18H2,1-3H3/b29-20+. The lowest BCUT2D eigenvalue weighted by molar-refractivity contribution is -0.142. The lowest BCUT2D eigenvalue weighted by atomic mass is 9.93. The third-order valence-corrected chi connectivity index (χ3v) is 6.75. The van der Waals surface area contributed by atoms with E-state index >= 15 is 0 Å². The summed E-state index contributed by atoms with van der Waals surface area (Å²) in [5.74, 6) is -0.936. The van der Waals surface area contributed by atoms with Crippen LogP contribution in [-0.4, -0.2) is 65.4 Å². The van der Waals surface area contributed by atoms with Crippen molar-refractivity contribution >= 4 is 23.9 Å². The first-order valence-corrected chi connectivity index (χ1v) is 14.1. The van der Waals surface area contributed by atoms with Gasteiger partial charge >= 0.3 is 5.97 Å². The van der Waals surface area contributed by atoms with E-state index in [2.05, 4.69) is 6.92 Å². The van der Waals surface area contributed by atoms with Crippen LogP contribution >= 0.6 is 0 Å². The Morgan fingerprint density at radius 3 is 2.53 bits per heavy atom. The summed E-state index contributed by atoms with van der Waals surface area (Å²) in [5, 5.41) is 14.7. The average Bonchev–Trinajstić information content (AvgIpc) is 3.43. The van der Waals surface area contributed by atoms with Crippen molar-refractivity contribution < 1.29 is 28.6 Å². The van der Waals surface area contributed by atoms with Crippen molar-refractivity contribution in [3.63, 3.8) is 0 Å². The molecule has 3 aromatic rings. The normalized spacial score (nSPS) is 14.3. The van der Waals surface area contributed by atoms with Crippen molar-refractivity contribution in [1.29, 1.82) is 5.26 Å². The number of carbonyl (C=O) groups excluding carboxylic acids is 3. The summed E-state index contributed by atoms with van der Waals surface area (Å²) >= 11 is 0. The minimum Gasteiger partial charge on any atom is -0.494 e. The Hall–Kier alpha value is -5.01. The van der Waals surface area contributed by atoms with E-state index in [1.165, 1.54) is 6.92 Å². The molecule has 1 aliphatic rings. The number of amides is 2. The van der Waals surface area contributed by atoms with E-state index in [-0.39, 0.29) is 37.5 Å². The van der Waals surface area contributed by atoms with Gasteiger partial charge in [0.05, 0.1) is 32.1 Å². The van der Waals surface area contributed by atoms with Gasteiger partial charge in [0.1, 0.15) is 29.7 Å². The Balaban J connectivity index is 1.71. The van der Waals surface area contributed by atoms with E-state index in [9.17, 15) is 19.6 Å². The number of unbranched alkanes of at least 4 members (excludes halogenated alkanes) is 1. The van der Waals surface area contributed by atoms with Crippen LogP contribution in [0.4, 0.5) is 0 Å². The predicted molar refractivity (Wildman–Crippen MR) is 160 cm³/mol. The number of ether oxygens (including phenoxy) is 3. The topological polar surface area (TPSA) is 124 Å². The minimum absolute atomic E-state index is 0.0196. The first-order valence-electron chi connectivity index (χ1n) is 14.1. The molecule has 4 rings (SSSR count). The number of rotatable bonds is 13. The second-order valence-electron chi connectivity index (χ2n) is 9.83. The zero-order valence-electron chi connectivity index (χ0n) is 24.5. The van der Waals surface area contributed by atoms with E-state index in [0.717, 1.165) is 29.0 Å². The molecule has 222 valence electrons. The van der Waals surface area contributed by atoms with E-state index in [1.54, 1.807) is 17.7 Å². The molecule has 10 heteroatoms. The second-order valence-corrected chi connectivity index (χ2v) is 9.83. The number of nitrogens with zero attached hydrogens (tertiary/aromatic N) is 4. The Morgan fingerprint density at radius 1 is 1.02 bits per heavy atom. The van der Waals surface area contributed by atoms with Crippen LogP contribution in [0.3, 0.4) is 0 Å². The molecule has 0 saturated carbocycles. The number of para-hydroxylation sites is 1. The zero-order valence-corrected chi connectivity index (χ0v) is 24.5. The fraction of sp³-hybridized carbons (Fsp3) is 0.303. The highest BCUT2D eigenvalue weighted by atomic mass is 16.6. The number of imide groups is 1. The van der Waals surface area contributed by atoms with Gasteiger partial charge in [0.15, 0.2) is 0 Å². The maximum atomic E-state index is 13.7. The predicted octanol–water partition coefficient (Wildman–Crippen LogP) is 4.89. The van der Waals surface area contributed by atoms with Gasteiger partial charge in [-0.15, -0.1) is 0 Å². The molecule has 0 fully saturated rings. The molecule has 0 N–H and O–H groups in total. The summed E-state index contributed by atoms with van der Waals surface area (Å²) in [6.07, 6.45) is 5.44. The fourth-order valence-corrected chi connectivity index (χ4v) is 4.49. The maximum absolute atomic E-state index is 13.7. The van der Waals surface area contributed by atoms with Gasteiger partial charge in [0, 0.05) is 29.8 Å². The van der Waals surface area contributed by atoms with Gasteiger partial charge in [-0.2, -0.15) is 10.4 Å². The van der Waals surface area contributed by atoms with Crippen molar-refractivity contribution in [2.75, 3.05) is 33.0 Å². The number of benzene rings is 2. The Kier molecular flexibility index (Phi) is 10.6. The number of hydrogen-bond acceptors (Lipinski definition) is 8. The molecule has 2 heterocycles. The van der Waals surface area contributed by atoms with Crippen LogP contribution in [0.1, 0.15) is 39.2 Å². The molecule has 0 aliphatic carbocycles. The fourth-order valence-electron chi connectivity index (χ4n) is 4.49. The van der Waals surface area contributed by atoms with Gasteiger partial charge in [-0.3, -0.25) is 19.3 Å². The summed E-state index contributed by atoms with van der Waals surface area (Å²) in [6.45, 7) is 5.71. The van der Waals surface area contributed by atoms with Crippen LogP contribution in [0.2, 0.25) is 0 Å². The smallest absolute Gasteiger partial charge is 0.302 e. The molecule has 1 aliphatic heterocycles. The molecule has 2 aromatic carbocycles. The first-order chi connectivity index (χ1) is 20.8. The number of esters is 1. The van der Waals surface area contributed by atoms with Crippen LogP contribution in [0.25, 0.3) is 23.0 Å². The van der Waals surface area contributed by atoms with Gasteiger partial charge in [-0.05, 0) is 49.3 Å². The van der Waals surface area contributed by atoms with Crippen LogP contribution in [0.15, 0.2) is 77.5 Å². The summed E-state index contributed by atoms with van der Waals surface area (Å²) < 4.78 is 17.9. The van der Waals surface area contributed by atoms with Crippen LogP contribution in [0.5, 0.6) is 5.75 Å². The van der Waals surface area contributed by atoms with Crippen LogP contribution in [0, 0.1) is 11.3 Å². The summed E-state index contributed by atoms with van der Waals surface area (Å²) in [5.41, 5.74) is 3.23. The van der Waals surface area contributed by atoms with Crippen molar-refractivity contribution in [2.24, 2.45) is 0 Å². The lowest BCUT2D eigenvalue weighted by Gasteiger charge is -2.27. The Morgan fingerprint density at radius 2 is 1.81 bits per heavy atom. The third-order valence-electron chi connectivity index (χ3n) is 6.75. The number of aromatic nitrogens is 2. The van der Waals surface area contributed by atoms with Crippen molar-refractivity contribution in [2.45, 2.75) is 33.6 Å². The molecule has 0 unspecified atom stereocenters. The SMILES string of the molecule is CCCCOc1cccc(-c2nn(-c3ccccc3)cc2/C=C2/C(=O)N(CCOCCOC(C)=O)C(=O)C(C#N)=C2C)c1. The molecule has 0 atom stereocenters. The van der Waals surface area contributed by atoms with Gasteiger partial charge in [0.25, 0.3) is 11.8 Å². The van der Waals surface area contributed by atoms with Crippen LogP contribution < -0.4 is 4.74 Å². The van der Waals surface area contributed by atoms with E-state index in [0.29, 0.717) is 29.2 Å². The summed E-state index contributed by atoms with van der Waals surface area (Å²) in [7, 11) is 0. The highest BCUT2D eigenvalue weighted by Crippen LogP contribution is 2.32. The summed E-state index contributed by atoms with van der Waals surface area (Å²) in [4.78, 5) is 38.7. The van der Waals surface area contributed by atoms with Crippen molar-refractivity contribution in [3.05, 3.63) is 83.1 Å². The molecule has 0 bridgehead atoms. The third kappa shape index (κ3) is 7.64. The summed E-state index contributed by atoms with van der Waals surface area (Å²) in [6, 6.07) is 19.1. The number of carbonyl (C=O) groups is 3. The zero-order chi connectivity index (χ0) is 30.8. The largest absolute Gasteiger partial charge is 0.494 e. The van der Waals surface area contributed by atoms with E-state index in [1.807, 2.05) is 66.9 Å².